The van der Waals surface area contributed by atoms with Crippen molar-refractivity contribution in [2.24, 2.45) is 0 Å². The fourth-order valence-corrected chi connectivity index (χ4v) is 1.60. The molecule has 0 radical (unpaired) electrons. The van der Waals surface area contributed by atoms with E-state index in [4.69, 9.17) is 16.0 Å². The van der Waals surface area contributed by atoms with Crippen molar-refractivity contribution in [2.45, 2.75) is 12.8 Å². The maximum Gasteiger partial charge on any atom is 0.194 e. The molecule has 2 rings (SSSR count). The lowest BCUT2D eigenvalue weighted by Gasteiger charge is -1.99. The number of benzene rings is 1. The molecule has 2 aromatic rings. The molecule has 0 saturated heterocycles. The van der Waals surface area contributed by atoms with E-state index >= 15 is 0 Å². The molecule has 0 atom stereocenters. The minimum Gasteiger partial charge on any atom is -0.441 e. The number of hydrogen-bond acceptors (Lipinski definition) is 2. The Labute approximate surface area is 102 Å². The topological polar surface area (TPSA) is 26.0 Å². The molecule has 0 aliphatic carbocycles. The first-order valence-corrected chi connectivity index (χ1v) is 5.71. The summed E-state index contributed by atoms with van der Waals surface area (Å²) >= 11 is 5.54. The summed E-state index contributed by atoms with van der Waals surface area (Å²) in [6.45, 7) is 0. The maximum atomic E-state index is 13.5. The Kier molecular flexibility index (Phi) is 3.74. The zero-order valence-corrected chi connectivity index (χ0v) is 9.68. The van der Waals surface area contributed by atoms with Gasteiger partial charge in [0.05, 0.1) is 11.8 Å². The molecule has 0 saturated carbocycles. The normalized spacial score (nSPS) is 10.8. The molecule has 1 aromatic carbocycles. The number of aryl methyl sites for hydroxylation is 1. The largest absolute Gasteiger partial charge is 0.441 e. The van der Waals surface area contributed by atoms with E-state index in [0.29, 0.717) is 18.2 Å². The van der Waals surface area contributed by atoms with Gasteiger partial charge < -0.3 is 4.42 Å². The Morgan fingerprint density at radius 2 is 2.12 bits per heavy atom. The van der Waals surface area contributed by atoms with Gasteiger partial charge in [0.2, 0.25) is 0 Å². The van der Waals surface area contributed by atoms with E-state index in [-0.39, 0.29) is 11.3 Å². The molecule has 0 bridgehead atoms. The van der Waals surface area contributed by atoms with Crippen LogP contribution in [-0.4, -0.2) is 10.9 Å². The molecule has 5 heteroatoms. The third-order valence-corrected chi connectivity index (χ3v) is 2.56. The molecule has 0 fully saturated rings. The number of rotatable bonds is 4. The van der Waals surface area contributed by atoms with Crippen LogP contribution < -0.4 is 0 Å². The van der Waals surface area contributed by atoms with Crippen molar-refractivity contribution < 1.29 is 13.2 Å². The highest BCUT2D eigenvalue weighted by Gasteiger charge is 2.13. The zero-order valence-electron chi connectivity index (χ0n) is 8.92. The van der Waals surface area contributed by atoms with Crippen molar-refractivity contribution in [1.82, 2.24) is 4.98 Å². The summed E-state index contributed by atoms with van der Waals surface area (Å²) in [6, 6.07) is 3.93. The molecular formula is C12H10ClF2NO. The van der Waals surface area contributed by atoms with Gasteiger partial charge in [0.15, 0.2) is 23.3 Å². The van der Waals surface area contributed by atoms with Crippen LogP contribution in [0.3, 0.4) is 0 Å². The molecule has 0 unspecified atom stereocenters. The molecule has 2 nitrogen and oxygen atoms in total. The van der Waals surface area contributed by atoms with Gasteiger partial charge in [-0.15, -0.1) is 11.6 Å². The minimum atomic E-state index is -0.924. The molecule has 0 aliphatic rings. The van der Waals surface area contributed by atoms with Crippen molar-refractivity contribution in [3.8, 4) is 11.3 Å². The van der Waals surface area contributed by atoms with Gasteiger partial charge in [-0.1, -0.05) is 6.07 Å². The fraction of sp³-hybridized carbons (Fsp3) is 0.250. The van der Waals surface area contributed by atoms with Crippen LogP contribution in [0.15, 0.2) is 28.8 Å². The maximum absolute atomic E-state index is 13.5. The van der Waals surface area contributed by atoms with E-state index in [0.717, 1.165) is 12.5 Å². The lowest BCUT2D eigenvalue weighted by Crippen LogP contribution is -1.87. The smallest absolute Gasteiger partial charge is 0.194 e. The first-order chi connectivity index (χ1) is 8.22. The summed E-state index contributed by atoms with van der Waals surface area (Å²) in [5.41, 5.74) is 0.0784. The van der Waals surface area contributed by atoms with E-state index in [9.17, 15) is 8.78 Å². The lowest BCUT2D eigenvalue weighted by molar-refractivity contribution is 0.486. The fourth-order valence-electron chi connectivity index (χ4n) is 1.46. The summed E-state index contributed by atoms with van der Waals surface area (Å²) in [4.78, 5) is 3.99. The van der Waals surface area contributed by atoms with E-state index < -0.39 is 11.6 Å². The summed E-state index contributed by atoms with van der Waals surface area (Å²) in [5.74, 6) is -0.615. The Morgan fingerprint density at radius 3 is 2.88 bits per heavy atom. The molecule has 1 heterocycles. The summed E-state index contributed by atoms with van der Waals surface area (Å²) in [7, 11) is 0. The number of aromatic nitrogens is 1. The van der Waals surface area contributed by atoms with E-state index in [1.807, 2.05) is 0 Å². The van der Waals surface area contributed by atoms with Gasteiger partial charge in [-0.05, 0) is 18.6 Å². The minimum absolute atomic E-state index is 0.0784. The Balaban J connectivity index is 2.27. The average molecular weight is 258 g/mol. The monoisotopic (exact) mass is 257 g/mol. The summed E-state index contributed by atoms with van der Waals surface area (Å²) in [6.07, 6.45) is 2.70. The Bertz CT molecular complexity index is 513. The van der Waals surface area contributed by atoms with Crippen LogP contribution in [0.2, 0.25) is 0 Å². The molecule has 1 aromatic heterocycles. The predicted octanol–water partition coefficient (Wildman–Crippen LogP) is 3.79. The van der Waals surface area contributed by atoms with Gasteiger partial charge in [-0.25, -0.2) is 13.8 Å². The molecule has 90 valence electrons. The Morgan fingerprint density at radius 1 is 1.29 bits per heavy atom. The second-order valence-electron chi connectivity index (χ2n) is 3.51. The van der Waals surface area contributed by atoms with E-state index in [2.05, 4.69) is 4.98 Å². The van der Waals surface area contributed by atoms with E-state index in [1.165, 1.54) is 18.3 Å². The van der Waals surface area contributed by atoms with Crippen molar-refractivity contribution in [1.29, 1.82) is 0 Å². The van der Waals surface area contributed by atoms with Crippen molar-refractivity contribution >= 4 is 11.6 Å². The van der Waals surface area contributed by atoms with Gasteiger partial charge in [-0.2, -0.15) is 0 Å². The van der Waals surface area contributed by atoms with Crippen molar-refractivity contribution in [3.05, 3.63) is 41.9 Å². The SMILES string of the molecule is Fc1cccc(-c2cnc(CCCCl)o2)c1F. The first kappa shape index (κ1) is 12.0. The van der Waals surface area contributed by atoms with Crippen LogP contribution in [0, 0.1) is 11.6 Å². The highest BCUT2D eigenvalue weighted by molar-refractivity contribution is 6.17. The average Bonchev–Trinajstić information content (AvgIpc) is 2.78. The van der Waals surface area contributed by atoms with Crippen molar-refractivity contribution in [3.63, 3.8) is 0 Å². The van der Waals surface area contributed by atoms with Gasteiger partial charge in [0, 0.05) is 12.3 Å². The van der Waals surface area contributed by atoms with Crippen LogP contribution in [-0.2, 0) is 6.42 Å². The van der Waals surface area contributed by atoms with Gasteiger partial charge >= 0.3 is 0 Å². The van der Waals surface area contributed by atoms with Crippen LogP contribution in [0.1, 0.15) is 12.3 Å². The highest BCUT2D eigenvalue weighted by Crippen LogP contribution is 2.25. The van der Waals surface area contributed by atoms with Gasteiger partial charge in [0.25, 0.3) is 0 Å². The Hall–Kier alpha value is -1.42. The van der Waals surface area contributed by atoms with Crippen molar-refractivity contribution in [2.75, 3.05) is 5.88 Å². The van der Waals surface area contributed by atoms with E-state index in [1.54, 1.807) is 0 Å². The molecule has 0 aliphatic heterocycles. The predicted molar refractivity (Wildman–Crippen MR) is 60.9 cm³/mol. The molecule has 0 spiro atoms. The number of alkyl halides is 1. The van der Waals surface area contributed by atoms with Crippen LogP contribution >= 0.6 is 11.6 Å². The number of oxazole rings is 1. The second-order valence-corrected chi connectivity index (χ2v) is 3.89. The number of hydrogen-bond donors (Lipinski definition) is 0. The highest BCUT2D eigenvalue weighted by atomic mass is 35.5. The quantitative estimate of drug-likeness (QED) is 0.779. The molecule has 17 heavy (non-hydrogen) atoms. The van der Waals surface area contributed by atoms with Crippen LogP contribution in [0.25, 0.3) is 11.3 Å². The molecular weight excluding hydrogens is 248 g/mol. The lowest BCUT2D eigenvalue weighted by atomic mass is 10.2. The summed E-state index contributed by atoms with van der Waals surface area (Å²) < 4.78 is 31.8. The summed E-state index contributed by atoms with van der Waals surface area (Å²) in [5, 5.41) is 0. The van der Waals surface area contributed by atoms with Gasteiger partial charge in [-0.3, -0.25) is 0 Å². The number of halogens is 3. The molecule has 0 amide bonds. The van der Waals surface area contributed by atoms with Crippen LogP contribution in [0.4, 0.5) is 8.78 Å². The van der Waals surface area contributed by atoms with Gasteiger partial charge in [0.1, 0.15) is 0 Å². The third kappa shape index (κ3) is 2.64. The standard InChI is InChI=1S/C12H10ClF2NO/c13-6-2-5-11-16-7-10(17-11)8-3-1-4-9(14)12(8)15/h1,3-4,7H,2,5-6H2. The van der Waals surface area contributed by atoms with Crippen LogP contribution in [0.5, 0.6) is 0 Å². The first-order valence-electron chi connectivity index (χ1n) is 5.17. The number of nitrogens with zero attached hydrogens (tertiary/aromatic N) is 1. The molecule has 0 N–H and O–H groups in total. The third-order valence-electron chi connectivity index (χ3n) is 2.29. The second kappa shape index (κ2) is 5.27. The zero-order chi connectivity index (χ0) is 12.3.